The Balaban J connectivity index is 1.45. The first-order valence-electron chi connectivity index (χ1n) is 9.52. The molecule has 0 heterocycles. The minimum Gasteiger partial charge on any atom is -0.490 e. The number of aromatic carboxylic acids is 1. The number of fused-ring (bicyclic) bond motifs is 1. The fourth-order valence-corrected chi connectivity index (χ4v) is 3.50. The van der Waals surface area contributed by atoms with E-state index in [0.717, 1.165) is 27.6 Å². The van der Waals surface area contributed by atoms with Crippen molar-refractivity contribution in [2.24, 2.45) is 0 Å². The Hall–Kier alpha value is -3.56. The van der Waals surface area contributed by atoms with Crippen molar-refractivity contribution in [1.82, 2.24) is 0 Å². The van der Waals surface area contributed by atoms with E-state index in [1.807, 2.05) is 91.0 Å². The molecule has 0 bridgehead atoms. The maximum Gasteiger partial charge on any atom is 0.336 e. The maximum absolute atomic E-state index is 11.8. The number of hydrogen-bond acceptors (Lipinski definition) is 2. The fraction of sp³-hybridized carbons (Fsp3) is 0.0385. The van der Waals surface area contributed by atoms with Gasteiger partial charge in [0.25, 0.3) is 0 Å². The summed E-state index contributed by atoms with van der Waals surface area (Å²) >= 11 is 5.94. The molecular weight excluding hydrogens is 396 g/mol. The number of ether oxygens (including phenoxy) is 1. The van der Waals surface area contributed by atoms with E-state index < -0.39 is 5.97 Å². The average molecular weight is 415 g/mol. The van der Waals surface area contributed by atoms with E-state index >= 15 is 0 Å². The van der Waals surface area contributed by atoms with Gasteiger partial charge in [0.05, 0.1) is 5.56 Å². The zero-order chi connectivity index (χ0) is 20.9. The monoisotopic (exact) mass is 414 g/mol. The summed E-state index contributed by atoms with van der Waals surface area (Å²) in [5, 5.41) is 12.0. The minimum absolute atomic E-state index is 0.302. The first kappa shape index (κ1) is 19.7. The third-order valence-electron chi connectivity index (χ3n) is 4.85. The molecule has 0 spiro atoms. The van der Waals surface area contributed by atoms with Crippen LogP contribution in [0.25, 0.3) is 28.0 Å². The van der Waals surface area contributed by atoms with Crippen LogP contribution in [-0.4, -0.2) is 17.7 Å². The molecule has 148 valence electrons. The van der Waals surface area contributed by atoms with Crippen molar-refractivity contribution in [3.05, 3.63) is 107 Å². The van der Waals surface area contributed by atoms with Gasteiger partial charge < -0.3 is 9.84 Å². The highest BCUT2D eigenvalue weighted by atomic mass is 35.5. The molecule has 4 aromatic rings. The van der Waals surface area contributed by atoms with Gasteiger partial charge in [0, 0.05) is 5.02 Å². The van der Waals surface area contributed by atoms with Crippen LogP contribution < -0.4 is 4.74 Å². The van der Waals surface area contributed by atoms with Gasteiger partial charge in [0.15, 0.2) is 0 Å². The molecule has 0 aliphatic heterocycles. The number of rotatable bonds is 6. The molecule has 30 heavy (non-hydrogen) atoms. The summed E-state index contributed by atoms with van der Waals surface area (Å²) in [5.74, 6) is -0.195. The van der Waals surface area contributed by atoms with Crippen molar-refractivity contribution < 1.29 is 14.6 Å². The first-order chi connectivity index (χ1) is 14.6. The number of carboxylic acids is 1. The second kappa shape index (κ2) is 8.85. The molecule has 0 saturated carbocycles. The van der Waals surface area contributed by atoms with Crippen molar-refractivity contribution >= 4 is 34.4 Å². The van der Waals surface area contributed by atoms with E-state index in [2.05, 4.69) is 0 Å². The van der Waals surface area contributed by atoms with Gasteiger partial charge in [-0.05, 0) is 57.8 Å². The largest absolute Gasteiger partial charge is 0.490 e. The van der Waals surface area contributed by atoms with Gasteiger partial charge in [-0.3, -0.25) is 0 Å². The van der Waals surface area contributed by atoms with Crippen LogP contribution in [0.2, 0.25) is 5.02 Å². The molecule has 0 fully saturated rings. The van der Waals surface area contributed by atoms with Crippen LogP contribution in [0.4, 0.5) is 0 Å². The molecule has 0 radical (unpaired) electrons. The zero-order valence-electron chi connectivity index (χ0n) is 16.1. The standard InChI is InChI=1S/C26H19ClO3/c27-22-13-9-18(10-14-22)19-11-15-23(16-12-19)30-17-3-5-21-8-7-20-4-1-2-6-24(20)25(21)26(28)29/h1-16H,17H2,(H,28,29)/b5-3-. The lowest BCUT2D eigenvalue weighted by Crippen LogP contribution is -2.01. The zero-order valence-corrected chi connectivity index (χ0v) is 16.8. The molecule has 0 atom stereocenters. The number of benzene rings is 4. The predicted molar refractivity (Wildman–Crippen MR) is 122 cm³/mol. The molecular formula is C26H19ClO3. The van der Waals surface area contributed by atoms with Crippen LogP contribution in [-0.2, 0) is 0 Å². The number of halogens is 1. The van der Waals surface area contributed by atoms with Gasteiger partial charge in [0.1, 0.15) is 12.4 Å². The Labute approximate surface area is 179 Å². The lowest BCUT2D eigenvalue weighted by atomic mass is 9.98. The summed E-state index contributed by atoms with van der Waals surface area (Å²) in [6.45, 7) is 0.339. The van der Waals surface area contributed by atoms with Crippen LogP contribution in [0.3, 0.4) is 0 Å². The SMILES string of the molecule is O=C(O)c1c(/C=C\COc2ccc(-c3ccc(Cl)cc3)cc2)ccc2ccccc12. The molecule has 0 amide bonds. The number of carboxylic acid groups (broad SMARTS) is 1. The van der Waals surface area contributed by atoms with Gasteiger partial charge in [-0.1, -0.05) is 78.3 Å². The van der Waals surface area contributed by atoms with Gasteiger partial charge in [-0.25, -0.2) is 4.79 Å². The average Bonchev–Trinajstić information content (AvgIpc) is 2.77. The van der Waals surface area contributed by atoms with Crippen molar-refractivity contribution in [2.45, 2.75) is 0 Å². The van der Waals surface area contributed by atoms with Crippen molar-refractivity contribution in [1.29, 1.82) is 0 Å². The lowest BCUT2D eigenvalue weighted by molar-refractivity contribution is 0.0699. The van der Waals surface area contributed by atoms with E-state index in [1.54, 1.807) is 6.08 Å². The molecule has 4 rings (SSSR count). The van der Waals surface area contributed by atoms with Crippen LogP contribution in [0.15, 0.2) is 91.0 Å². The van der Waals surface area contributed by atoms with Crippen molar-refractivity contribution in [2.75, 3.05) is 6.61 Å². The third kappa shape index (κ3) is 4.37. The topological polar surface area (TPSA) is 46.5 Å². The number of hydrogen-bond donors (Lipinski definition) is 1. The van der Waals surface area contributed by atoms with E-state index in [0.29, 0.717) is 22.8 Å². The summed E-state index contributed by atoms with van der Waals surface area (Å²) in [7, 11) is 0. The molecule has 0 aliphatic rings. The fourth-order valence-electron chi connectivity index (χ4n) is 3.37. The van der Waals surface area contributed by atoms with Gasteiger partial charge in [-0.2, -0.15) is 0 Å². The van der Waals surface area contributed by atoms with Crippen molar-refractivity contribution in [3.63, 3.8) is 0 Å². The minimum atomic E-state index is -0.940. The smallest absolute Gasteiger partial charge is 0.336 e. The van der Waals surface area contributed by atoms with E-state index in [4.69, 9.17) is 16.3 Å². The second-order valence-corrected chi connectivity index (χ2v) is 7.24. The van der Waals surface area contributed by atoms with Crippen LogP contribution >= 0.6 is 11.6 Å². The maximum atomic E-state index is 11.8. The summed E-state index contributed by atoms with van der Waals surface area (Å²) in [5.41, 5.74) is 3.12. The summed E-state index contributed by atoms with van der Waals surface area (Å²) in [6, 6.07) is 26.7. The molecule has 4 aromatic carbocycles. The highest BCUT2D eigenvalue weighted by Crippen LogP contribution is 2.25. The van der Waals surface area contributed by atoms with Crippen LogP contribution in [0.1, 0.15) is 15.9 Å². The van der Waals surface area contributed by atoms with E-state index in [9.17, 15) is 9.90 Å². The summed E-state index contributed by atoms with van der Waals surface area (Å²) in [6.07, 6.45) is 3.61. The third-order valence-corrected chi connectivity index (χ3v) is 5.10. The molecule has 0 unspecified atom stereocenters. The molecule has 0 saturated heterocycles. The highest BCUT2D eigenvalue weighted by molar-refractivity contribution is 6.30. The summed E-state index contributed by atoms with van der Waals surface area (Å²) in [4.78, 5) is 11.8. The van der Waals surface area contributed by atoms with Gasteiger partial charge in [-0.15, -0.1) is 0 Å². The number of carbonyl (C=O) groups is 1. The molecule has 4 heteroatoms. The molecule has 3 nitrogen and oxygen atoms in total. The van der Waals surface area contributed by atoms with E-state index in [-0.39, 0.29) is 0 Å². The first-order valence-corrected chi connectivity index (χ1v) is 9.90. The van der Waals surface area contributed by atoms with E-state index in [1.165, 1.54) is 0 Å². The Morgan fingerprint density at radius 3 is 2.23 bits per heavy atom. The Morgan fingerprint density at radius 1 is 0.867 bits per heavy atom. The quantitative estimate of drug-likeness (QED) is 0.371. The summed E-state index contributed by atoms with van der Waals surface area (Å²) < 4.78 is 5.77. The second-order valence-electron chi connectivity index (χ2n) is 6.80. The lowest BCUT2D eigenvalue weighted by Gasteiger charge is -2.07. The highest BCUT2D eigenvalue weighted by Gasteiger charge is 2.12. The predicted octanol–water partition coefficient (Wildman–Crippen LogP) is 6.95. The van der Waals surface area contributed by atoms with Crippen LogP contribution in [0, 0.1) is 0 Å². The molecule has 0 aromatic heterocycles. The van der Waals surface area contributed by atoms with Gasteiger partial charge >= 0.3 is 5.97 Å². The Kier molecular flexibility index (Phi) is 5.82. The Morgan fingerprint density at radius 2 is 1.53 bits per heavy atom. The van der Waals surface area contributed by atoms with Crippen LogP contribution in [0.5, 0.6) is 5.75 Å². The molecule has 1 N–H and O–H groups in total. The van der Waals surface area contributed by atoms with Gasteiger partial charge in [0.2, 0.25) is 0 Å². The Bertz CT molecular complexity index is 1210. The van der Waals surface area contributed by atoms with Crippen molar-refractivity contribution in [3.8, 4) is 16.9 Å². The normalized spacial score (nSPS) is 11.1. The molecule has 0 aliphatic carbocycles.